The molecular formula is C18H23FN2O. The smallest absolute Gasteiger partial charge is 0.226 e. The molecule has 1 aromatic carbocycles. The molecule has 1 saturated heterocycles. The first-order valence-corrected chi connectivity index (χ1v) is 8.50. The summed E-state index contributed by atoms with van der Waals surface area (Å²) in [5.41, 5.74) is 1.10. The third-order valence-electron chi connectivity index (χ3n) is 5.62. The zero-order valence-corrected chi connectivity index (χ0v) is 12.9. The van der Waals surface area contributed by atoms with Crippen molar-refractivity contribution in [1.82, 2.24) is 9.80 Å². The minimum Gasteiger partial charge on any atom is -0.340 e. The van der Waals surface area contributed by atoms with E-state index in [1.54, 1.807) is 0 Å². The van der Waals surface area contributed by atoms with E-state index in [1.807, 2.05) is 17.0 Å². The summed E-state index contributed by atoms with van der Waals surface area (Å²) in [6.07, 6.45) is 4.96. The Balaban J connectivity index is 1.31. The Kier molecular flexibility index (Phi) is 3.65. The van der Waals surface area contributed by atoms with Crippen molar-refractivity contribution in [3.05, 3.63) is 35.6 Å². The maximum atomic E-state index is 13.0. The number of rotatable bonds is 3. The average molecular weight is 302 g/mol. The number of nitrogens with zero attached hydrogens (tertiary/aromatic N) is 2. The molecule has 2 atom stereocenters. The van der Waals surface area contributed by atoms with E-state index in [2.05, 4.69) is 4.90 Å². The molecule has 2 saturated carbocycles. The van der Waals surface area contributed by atoms with Gasteiger partial charge in [0.15, 0.2) is 0 Å². The van der Waals surface area contributed by atoms with Crippen molar-refractivity contribution in [2.45, 2.75) is 37.6 Å². The van der Waals surface area contributed by atoms with Crippen molar-refractivity contribution in [3.63, 3.8) is 0 Å². The fraction of sp³-hybridized carbons (Fsp3) is 0.611. The maximum absolute atomic E-state index is 13.0. The summed E-state index contributed by atoms with van der Waals surface area (Å²) in [7, 11) is 0. The van der Waals surface area contributed by atoms with Crippen LogP contribution in [0.3, 0.4) is 0 Å². The van der Waals surface area contributed by atoms with E-state index in [0.29, 0.717) is 11.8 Å². The molecule has 3 fully saturated rings. The van der Waals surface area contributed by atoms with Gasteiger partial charge in [0.2, 0.25) is 5.91 Å². The monoisotopic (exact) mass is 302 g/mol. The second-order valence-electron chi connectivity index (χ2n) is 6.95. The third-order valence-corrected chi connectivity index (χ3v) is 5.62. The molecule has 1 amide bonds. The second-order valence-corrected chi connectivity index (χ2v) is 6.95. The van der Waals surface area contributed by atoms with E-state index in [-0.39, 0.29) is 11.7 Å². The van der Waals surface area contributed by atoms with Gasteiger partial charge < -0.3 is 4.90 Å². The first-order valence-electron chi connectivity index (χ1n) is 8.50. The Bertz CT molecular complexity index is 547. The van der Waals surface area contributed by atoms with Gasteiger partial charge in [0.1, 0.15) is 5.82 Å². The molecule has 4 heteroatoms. The Hall–Kier alpha value is -1.42. The van der Waals surface area contributed by atoms with Crippen LogP contribution in [0.25, 0.3) is 0 Å². The van der Waals surface area contributed by atoms with E-state index in [4.69, 9.17) is 0 Å². The van der Waals surface area contributed by atoms with Gasteiger partial charge >= 0.3 is 0 Å². The van der Waals surface area contributed by atoms with Gasteiger partial charge in [-0.1, -0.05) is 18.6 Å². The summed E-state index contributed by atoms with van der Waals surface area (Å²) in [4.78, 5) is 17.2. The molecule has 1 aliphatic heterocycles. The molecule has 2 aliphatic carbocycles. The van der Waals surface area contributed by atoms with Crippen LogP contribution >= 0.6 is 0 Å². The summed E-state index contributed by atoms with van der Waals surface area (Å²) in [6.45, 7) is 3.82. The maximum Gasteiger partial charge on any atom is 0.226 e. The van der Waals surface area contributed by atoms with E-state index in [1.165, 1.54) is 31.4 Å². The van der Waals surface area contributed by atoms with Crippen molar-refractivity contribution in [2.75, 3.05) is 26.2 Å². The molecule has 3 nitrogen and oxygen atoms in total. The standard InChI is InChI=1S/C18H23FN2O/c19-14-6-4-13(5-7-14)16-12-17(16)18(22)21-10-8-20(9-11-21)15-2-1-3-15/h4-7,15-17H,1-3,8-12H2/t16-,17+/m1/s1. The first-order chi connectivity index (χ1) is 10.7. The number of benzene rings is 1. The highest BCUT2D eigenvalue weighted by Crippen LogP contribution is 2.48. The van der Waals surface area contributed by atoms with Crippen molar-refractivity contribution in [1.29, 1.82) is 0 Å². The lowest BCUT2D eigenvalue weighted by Crippen LogP contribution is -2.53. The molecule has 0 spiro atoms. The van der Waals surface area contributed by atoms with Gasteiger partial charge in [-0.25, -0.2) is 4.39 Å². The average Bonchev–Trinajstić information content (AvgIpc) is 3.27. The molecule has 0 N–H and O–H groups in total. The largest absolute Gasteiger partial charge is 0.340 e. The molecule has 3 aliphatic rings. The van der Waals surface area contributed by atoms with Crippen LogP contribution in [0.5, 0.6) is 0 Å². The molecule has 4 rings (SSSR count). The predicted octanol–water partition coefficient (Wildman–Crippen LogP) is 2.63. The van der Waals surface area contributed by atoms with Crippen molar-refractivity contribution in [3.8, 4) is 0 Å². The lowest BCUT2D eigenvalue weighted by atomic mass is 9.91. The number of carbonyl (C=O) groups excluding carboxylic acids is 1. The lowest BCUT2D eigenvalue weighted by Gasteiger charge is -2.43. The number of halogens is 1. The molecule has 0 bridgehead atoms. The molecule has 22 heavy (non-hydrogen) atoms. The zero-order chi connectivity index (χ0) is 15.1. The van der Waals surface area contributed by atoms with Gasteiger partial charge in [-0.3, -0.25) is 9.69 Å². The Morgan fingerprint density at radius 3 is 2.32 bits per heavy atom. The van der Waals surface area contributed by atoms with Crippen LogP contribution in [0.4, 0.5) is 4.39 Å². The number of amides is 1. The van der Waals surface area contributed by atoms with Crippen molar-refractivity contribution < 1.29 is 9.18 Å². The highest BCUT2D eigenvalue weighted by atomic mass is 19.1. The molecular weight excluding hydrogens is 279 g/mol. The minimum absolute atomic E-state index is 0.126. The van der Waals surface area contributed by atoms with E-state index < -0.39 is 0 Å². The molecule has 0 radical (unpaired) electrons. The van der Waals surface area contributed by atoms with E-state index >= 15 is 0 Å². The topological polar surface area (TPSA) is 23.6 Å². The predicted molar refractivity (Wildman–Crippen MR) is 83.0 cm³/mol. The third kappa shape index (κ3) is 2.65. The Morgan fingerprint density at radius 1 is 1.05 bits per heavy atom. The van der Waals surface area contributed by atoms with E-state index in [9.17, 15) is 9.18 Å². The number of piperazine rings is 1. The first kappa shape index (κ1) is 14.2. The molecule has 0 aromatic heterocycles. The van der Waals surface area contributed by atoms with Crippen LogP contribution in [0.2, 0.25) is 0 Å². The fourth-order valence-electron chi connectivity index (χ4n) is 3.84. The Morgan fingerprint density at radius 2 is 1.73 bits per heavy atom. The lowest BCUT2D eigenvalue weighted by molar-refractivity contribution is -0.135. The van der Waals surface area contributed by atoms with Gasteiger partial charge in [0, 0.05) is 38.1 Å². The van der Waals surface area contributed by atoms with Crippen molar-refractivity contribution in [2.24, 2.45) is 5.92 Å². The SMILES string of the molecule is O=C([C@H]1C[C@@H]1c1ccc(F)cc1)N1CCN(C2CCC2)CC1. The number of hydrogen-bond donors (Lipinski definition) is 0. The second kappa shape index (κ2) is 5.65. The quantitative estimate of drug-likeness (QED) is 0.857. The van der Waals surface area contributed by atoms with Crippen LogP contribution in [0.15, 0.2) is 24.3 Å². The van der Waals surface area contributed by atoms with Crippen LogP contribution < -0.4 is 0 Å². The molecule has 1 aromatic rings. The summed E-state index contributed by atoms with van der Waals surface area (Å²) in [5.74, 6) is 0.528. The molecule has 1 heterocycles. The highest BCUT2D eigenvalue weighted by molar-refractivity contribution is 5.83. The van der Waals surface area contributed by atoms with Crippen LogP contribution in [0.1, 0.15) is 37.2 Å². The summed E-state index contributed by atoms with van der Waals surface area (Å²) in [6, 6.07) is 7.41. The molecule has 0 unspecified atom stereocenters. The summed E-state index contributed by atoms with van der Waals surface area (Å²) in [5, 5.41) is 0. The van der Waals surface area contributed by atoms with Gasteiger partial charge in [0.05, 0.1) is 0 Å². The fourth-order valence-corrected chi connectivity index (χ4v) is 3.84. The van der Waals surface area contributed by atoms with Crippen LogP contribution in [-0.4, -0.2) is 47.9 Å². The normalized spacial score (nSPS) is 29.2. The number of hydrogen-bond acceptors (Lipinski definition) is 2. The zero-order valence-electron chi connectivity index (χ0n) is 12.9. The highest BCUT2D eigenvalue weighted by Gasteiger charge is 2.46. The van der Waals surface area contributed by atoms with Gasteiger partial charge in [-0.05, 0) is 42.9 Å². The molecule has 118 valence electrons. The Labute approximate surface area is 131 Å². The van der Waals surface area contributed by atoms with Gasteiger partial charge in [0.25, 0.3) is 0 Å². The number of carbonyl (C=O) groups is 1. The van der Waals surface area contributed by atoms with E-state index in [0.717, 1.165) is 44.2 Å². The summed E-state index contributed by atoms with van der Waals surface area (Å²) >= 11 is 0. The summed E-state index contributed by atoms with van der Waals surface area (Å²) < 4.78 is 13.0. The van der Waals surface area contributed by atoms with Gasteiger partial charge in [-0.15, -0.1) is 0 Å². The van der Waals surface area contributed by atoms with Crippen molar-refractivity contribution >= 4 is 5.91 Å². The van der Waals surface area contributed by atoms with Crippen LogP contribution in [0, 0.1) is 11.7 Å². The minimum atomic E-state index is -0.209. The van der Waals surface area contributed by atoms with Gasteiger partial charge in [-0.2, -0.15) is 0 Å². The van der Waals surface area contributed by atoms with Crippen LogP contribution in [-0.2, 0) is 4.79 Å².